The minimum Gasteiger partial charge on any atom is -0.273 e. The summed E-state index contributed by atoms with van der Waals surface area (Å²) >= 11 is 0. The summed E-state index contributed by atoms with van der Waals surface area (Å²) in [5.41, 5.74) is -0.178. The summed E-state index contributed by atoms with van der Waals surface area (Å²) in [7, 11) is -3.44. The predicted octanol–water partition coefficient (Wildman–Crippen LogP) is 2.32. The van der Waals surface area contributed by atoms with Crippen molar-refractivity contribution in [2.75, 3.05) is 5.75 Å². The van der Waals surface area contributed by atoms with Crippen molar-refractivity contribution in [3.63, 3.8) is 0 Å². The quantitative estimate of drug-likeness (QED) is 0.735. The van der Waals surface area contributed by atoms with Crippen molar-refractivity contribution in [3.05, 3.63) is 12.2 Å². The minimum atomic E-state index is -3.44. The second-order valence-corrected chi connectivity index (χ2v) is 8.93. The van der Waals surface area contributed by atoms with Crippen LogP contribution in [0, 0.1) is 16.7 Å². The zero-order valence-electron chi connectivity index (χ0n) is 12.4. The average Bonchev–Trinajstić information content (AvgIpc) is 2.82. The molecule has 1 amide bonds. The van der Waals surface area contributed by atoms with Gasteiger partial charge in [0.15, 0.2) is 0 Å². The Morgan fingerprint density at radius 3 is 2.70 bits per heavy atom. The molecule has 0 aromatic rings. The van der Waals surface area contributed by atoms with Crippen LogP contribution in [0.15, 0.2) is 12.2 Å². The molecule has 2 saturated carbocycles. The number of hydrogen-bond donors (Lipinski definition) is 0. The van der Waals surface area contributed by atoms with Crippen LogP contribution in [-0.4, -0.2) is 30.4 Å². The second-order valence-electron chi connectivity index (χ2n) is 7.08. The number of carbonyl (C=O) groups excluding carboxylic acids is 1. The van der Waals surface area contributed by atoms with Gasteiger partial charge in [0.25, 0.3) is 0 Å². The highest BCUT2D eigenvalue weighted by atomic mass is 32.2. The number of fused-ring (bicyclic) bond motifs is 1. The Labute approximate surface area is 121 Å². The Morgan fingerprint density at radius 2 is 2.10 bits per heavy atom. The number of rotatable bonds is 2. The van der Waals surface area contributed by atoms with Crippen LogP contribution < -0.4 is 0 Å². The number of amides is 1. The fourth-order valence-electron chi connectivity index (χ4n) is 4.93. The van der Waals surface area contributed by atoms with Crippen molar-refractivity contribution in [2.45, 2.75) is 52.5 Å². The number of nitrogens with zero attached hydrogens (tertiary/aromatic N) is 1. The number of hydrogen-bond acceptors (Lipinski definition) is 3. The summed E-state index contributed by atoms with van der Waals surface area (Å²) < 4.78 is 26.3. The van der Waals surface area contributed by atoms with Crippen molar-refractivity contribution >= 4 is 15.9 Å². The van der Waals surface area contributed by atoms with Crippen LogP contribution >= 0.6 is 0 Å². The normalized spacial score (nSPS) is 40.5. The van der Waals surface area contributed by atoms with Crippen LogP contribution in [0.5, 0.6) is 0 Å². The molecule has 0 radical (unpaired) electrons. The van der Waals surface area contributed by atoms with Gasteiger partial charge in [-0.15, -0.1) is 0 Å². The summed E-state index contributed by atoms with van der Waals surface area (Å²) in [5.74, 6) is 0.462. The Bertz CT molecular complexity index is 578. The molecule has 0 unspecified atom stereocenters. The average molecular weight is 297 g/mol. The van der Waals surface area contributed by atoms with Crippen molar-refractivity contribution in [3.8, 4) is 0 Å². The van der Waals surface area contributed by atoms with Gasteiger partial charge < -0.3 is 0 Å². The lowest BCUT2D eigenvalue weighted by Crippen LogP contribution is -2.44. The van der Waals surface area contributed by atoms with E-state index in [0.29, 0.717) is 5.92 Å². The van der Waals surface area contributed by atoms with E-state index >= 15 is 0 Å². The number of carbonyl (C=O) groups is 1. The first-order chi connectivity index (χ1) is 9.26. The van der Waals surface area contributed by atoms with Crippen molar-refractivity contribution in [2.24, 2.45) is 16.7 Å². The molecule has 5 heteroatoms. The molecule has 3 fully saturated rings. The topological polar surface area (TPSA) is 54.5 Å². The van der Waals surface area contributed by atoms with E-state index in [0.717, 1.165) is 19.3 Å². The van der Waals surface area contributed by atoms with E-state index in [1.165, 1.54) is 4.31 Å². The smallest absolute Gasteiger partial charge is 0.240 e. The maximum Gasteiger partial charge on any atom is 0.240 e. The standard InChI is InChI=1S/C15H23NO3S/c1-4-5-6-13(17)16-12-9-11-7-8-15(12,14(11,2)3)10-20(16,18)19/h4-5,11-12H,6-10H2,1-3H3/b5-4+/t11-,12-,15-/m1/s1. The van der Waals surface area contributed by atoms with Crippen LogP contribution in [0.4, 0.5) is 0 Å². The molecule has 2 aliphatic carbocycles. The molecular weight excluding hydrogens is 274 g/mol. The molecule has 0 aromatic carbocycles. The zero-order valence-corrected chi connectivity index (χ0v) is 13.2. The molecule has 4 nitrogen and oxygen atoms in total. The minimum absolute atomic E-state index is 0.0281. The van der Waals surface area contributed by atoms with Gasteiger partial charge in [-0.3, -0.25) is 4.79 Å². The maximum absolute atomic E-state index is 12.5. The molecule has 1 spiro atoms. The third-order valence-corrected chi connectivity index (χ3v) is 8.12. The Hall–Kier alpha value is -0.840. The highest BCUT2D eigenvalue weighted by molar-refractivity contribution is 7.90. The first kappa shape index (κ1) is 14.1. The molecule has 1 heterocycles. The van der Waals surface area contributed by atoms with E-state index in [1.54, 1.807) is 12.2 Å². The lowest BCUT2D eigenvalue weighted by Gasteiger charge is -2.37. The summed E-state index contributed by atoms with van der Waals surface area (Å²) in [5, 5.41) is 0. The molecule has 20 heavy (non-hydrogen) atoms. The van der Waals surface area contributed by atoms with E-state index < -0.39 is 10.0 Å². The van der Waals surface area contributed by atoms with Crippen LogP contribution in [0.3, 0.4) is 0 Å². The lowest BCUT2D eigenvalue weighted by molar-refractivity contribution is -0.128. The maximum atomic E-state index is 12.5. The lowest BCUT2D eigenvalue weighted by atomic mass is 9.69. The molecule has 1 aliphatic heterocycles. The number of allylic oxidation sites excluding steroid dienone is 1. The molecule has 3 rings (SSSR count). The van der Waals surface area contributed by atoms with Crippen LogP contribution in [0.1, 0.15) is 46.5 Å². The molecule has 3 atom stereocenters. The highest BCUT2D eigenvalue weighted by Crippen LogP contribution is 2.69. The first-order valence-corrected chi connectivity index (χ1v) is 9.03. The van der Waals surface area contributed by atoms with Crippen LogP contribution in [0.2, 0.25) is 0 Å². The zero-order chi connectivity index (χ0) is 14.8. The van der Waals surface area contributed by atoms with Gasteiger partial charge in [-0.2, -0.15) is 0 Å². The first-order valence-electron chi connectivity index (χ1n) is 7.42. The van der Waals surface area contributed by atoms with Gasteiger partial charge in [-0.05, 0) is 37.5 Å². The Morgan fingerprint density at radius 1 is 1.40 bits per heavy atom. The SMILES string of the molecule is C/C=C/CC(=O)N1[C@@H]2C[C@H]3CC[C@]2(CS1(=O)=O)C3(C)C. The second kappa shape index (κ2) is 4.09. The largest absolute Gasteiger partial charge is 0.273 e. The summed E-state index contributed by atoms with van der Waals surface area (Å²) in [6, 6.07) is -0.0981. The summed E-state index contributed by atoms with van der Waals surface area (Å²) in [6.45, 7) is 6.23. The molecule has 0 N–H and O–H groups in total. The van der Waals surface area contributed by atoms with Crippen LogP contribution in [-0.2, 0) is 14.8 Å². The van der Waals surface area contributed by atoms with E-state index in [9.17, 15) is 13.2 Å². The summed E-state index contributed by atoms with van der Waals surface area (Å²) in [6.07, 6.45) is 6.63. The van der Waals surface area contributed by atoms with E-state index in [2.05, 4.69) is 13.8 Å². The van der Waals surface area contributed by atoms with Gasteiger partial charge in [0.1, 0.15) is 0 Å². The Balaban J connectivity index is 2.00. The van der Waals surface area contributed by atoms with Gasteiger partial charge in [0, 0.05) is 11.8 Å². The van der Waals surface area contributed by atoms with Crippen LogP contribution in [0.25, 0.3) is 0 Å². The van der Waals surface area contributed by atoms with Gasteiger partial charge >= 0.3 is 0 Å². The van der Waals surface area contributed by atoms with E-state index in [4.69, 9.17) is 0 Å². The number of sulfonamides is 1. The van der Waals surface area contributed by atoms with Crippen molar-refractivity contribution in [1.82, 2.24) is 4.31 Å². The molecule has 0 aromatic heterocycles. The fraction of sp³-hybridized carbons (Fsp3) is 0.800. The monoisotopic (exact) mass is 297 g/mol. The third kappa shape index (κ3) is 1.53. The molecule has 112 valence electrons. The van der Waals surface area contributed by atoms with Gasteiger partial charge in [0.05, 0.1) is 11.8 Å². The fourth-order valence-corrected chi connectivity index (χ4v) is 7.49. The van der Waals surface area contributed by atoms with Crippen molar-refractivity contribution in [1.29, 1.82) is 0 Å². The van der Waals surface area contributed by atoms with Gasteiger partial charge in [0.2, 0.25) is 15.9 Å². The van der Waals surface area contributed by atoms with E-state index in [1.807, 2.05) is 6.92 Å². The van der Waals surface area contributed by atoms with Crippen molar-refractivity contribution < 1.29 is 13.2 Å². The summed E-state index contributed by atoms with van der Waals surface area (Å²) in [4.78, 5) is 12.3. The molecule has 2 bridgehead atoms. The highest BCUT2D eigenvalue weighted by Gasteiger charge is 2.72. The Kier molecular flexibility index (Phi) is 2.89. The molecular formula is C15H23NO3S. The van der Waals surface area contributed by atoms with Gasteiger partial charge in [-0.25, -0.2) is 12.7 Å². The molecule has 3 aliphatic rings. The van der Waals surface area contributed by atoms with E-state index in [-0.39, 0.29) is 35.0 Å². The molecule has 1 saturated heterocycles. The predicted molar refractivity (Wildman–Crippen MR) is 77.4 cm³/mol. The third-order valence-electron chi connectivity index (χ3n) is 6.19. The van der Waals surface area contributed by atoms with Gasteiger partial charge in [-0.1, -0.05) is 26.0 Å².